The predicted molar refractivity (Wildman–Crippen MR) is 84.0 cm³/mol. The molecule has 4 nitrogen and oxygen atoms in total. The highest BCUT2D eigenvalue weighted by Gasteiger charge is 2.23. The number of fused-ring (bicyclic) bond motifs is 2. The van der Waals surface area contributed by atoms with Gasteiger partial charge in [-0.2, -0.15) is 5.10 Å². The second-order valence-electron chi connectivity index (χ2n) is 4.89. The number of amides is 1. The molecule has 0 aliphatic carbocycles. The molecule has 21 heavy (non-hydrogen) atoms. The number of nitrogens with zero attached hydrogens (tertiary/aromatic N) is 1. The van der Waals surface area contributed by atoms with Crippen LogP contribution in [0.4, 0.5) is 5.69 Å². The van der Waals surface area contributed by atoms with Gasteiger partial charge in [-0.15, -0.1) is 0 Å². The number of para-hydroxylation sites is 1. The van der Waals surface area contributed by atoms with Gasteiger partial charge in [-0.1, -0.05) is 29.8 Å². The zero-order valence-electron chi connectivity index (χ0n) is 10.9. The Bertz CT molecular complexity index is 911. The first-order valence-electron chi connectivity index (χ1n) is 6.47. The lowest BCUT2D eigenvalue weighted by Gasteiger charge is -2.00. The Labute approximate surface area is 125 Å². The van der Waals surface area contributed by atoms with Crippen LogP contribution in [-0.2, 0) is 4.79 Å². The number of carbonyl (C=O) groups is 1. The van der Waals surface area contributed by atoms with E-state index in [1.165, 1.54) is 0 Å². The number of hydrogen-bond acceptors (Lipinski definition) is 2. The number of aromatic nitrogens is 2. The molecule has 4 rings (SSSR count). The van der Waals surface area contributed by atoms with E-state index >= 15 is 0 Å². The minimum Gasteiger partial charge on any atom is -0.321 e. The van der Waals surface area contributed by atoms with Gasteiger partial charge in [0.25, 0.3) is 5.91 Å². The number of rotatable bonds is 1. The molecule has 5 heteroatoms. The van der Waals surface area contributed by atoms with Gasteiger partial charge >= 0.3 is 0 Å². The van der Waals surface area contributed by atoms with Gasteiger partial charge in [0.05, 0.1) is 16.7 Å². The summed E-state index contributed by atoms with van der Waals surface area (Å²) in [5, 5.41) is 11.2. The van der Waals surface area contributed by atoms with E-state index in [0.29, 0.717) is 10.6 Å². The van der Waals surface area contributed by atoms with E-state index in [1.54, 1.807) is 6.20 Å². The van der Waals surface area contributed by atoms with Crippen LogP contribution in [0.15, 0.2) is 42.6 Å². The first kappa shape index (κ1) is 12.2. The molecular weight excluding hydrogens is 286 g/mol. The molecular formula is C16H10ClN3O. The van der Waals surface area contributed by atoms with Crippen LogP contribution in [0.2, 0.25) is 5.02 Å². The number of halogens is 1. The number of carbonyl (C=O) groups excluding carboxylic acids is 1. The van der Waals surface area contributed by atoms with E-state index in [-0.39, 0.29) is 5.91 Å². The fraction of sp³-hybridized carbons (Fsp3) is 0. The Hall–Kier alpha value is -2.59. The molecule has 2 heterocycles. The molecule has 0 fully saturated rings. The Morgan fingerprint density at radius 3 is 2.95 bits per heavy atom. The summed E-state index contributed by atoms with van der Waals surface area (Å²) in [6, 6.07) is 11.4. The van der Waals surface area contributed by atoms with Crippen LogP contribution in [0.3, 0.4) is 0 Å². The van der Waals surface area contributed by atoms with Crippen LogP contribution < -0.4 is 5.32 Å². The molecule has 2 aromatic carbocycles. The normalized spacial score (nSPS) is 15.5. The van der Waals surface area contributed by atoms with Crippen molar-refractivity contribution in [3.8, 4) is 0 Å². The van der Waals surface area contributed by atoms with Gasteiger partial charge in [0.1, 0.15) is 0 Å². The maximum absolute atomic E-state index is 12.1. The number of aromatic amines is 1. The van der Waals surface area contributed by atoms with Gasteiger partial charge in [0.15, 0.2) is 0 Å². The number of hydrogen-bond donors (Lipinski definition) is 2. The molecule has 1 aromatic heterocycles. The molecule has 0 spiro atoms. The minimum atomic E-state index is -0.1000. The summed E-state index contributed by atoms with van der Waals surface area (Å²) in [5.41, 5.74) is 4.09. The molecule has 1 aliphatic rings. The van der Waals surface area contributed by atoms with Crippen molar-refractivity contribution in [2.24, 2.45) is 0 Å². The van der Waals surface area contributed by atoms with Crippen molar-refractivity contribution in [1.82, 2.24) is 10.2 Å². The third-order valence-corrected chi connectivity index (χ3v) is 3.86. The van der Waals surface area contributed by atoms with E-state index < -0.39 is 0 Å². The van der Waals surface area contributed by atoms with Gasteiger partial charge in [-0.05, 0) is 29.8 Å². The molecule has 1 amide bonds. The Balaban J connectivity index is 1.88. The standard InChI is InChI=1S/C16H10ClN3O/c17-13-6-9(7-15-12(13)8-18-20-15)5-11-10-3-1-2-4-14(10)19-16(11)21/h1-8H,(H,18,20)(H,19,21). The van der Waals surface area contributed by atoms with Crippen molar-refractivity contribution >= 4 is 45.7 Å². The largest absolute Gasteiger partial charge is 0.321 e. The molecule has 3 aromatic rings. The van der Waals surface area contributed by atoms with E-state index in [9.17, 15) is 4.79 Å². The van der Waals surface area contributed by atoms with Crippen LogP contribution in [0.25, 0.3) is 22.6 Å². The van der Waals surface area contributed by atoms with Gasteiger partial charge in [0, 0.05) is 22.2 Å². The van der Waals surface area contributed by atoms with Gasteiger partial charge in [-0.25, -0.2) is 0 Å². The fourth-order valence-electron chi connectivity index (χ4n) is 2.56. The zero-order chi connectivity index (χ0) is 14.4. The Kier molecular flexibility index (Phi) is 2.59. The fourth-order valence-corrected chi connectivity index (χ4v) is 2.84. The summed E-state index contributed by atoms with van der Waals surface area (Å²) in [7, 11) is 0. The summed E-state index contributed by atoms with van der Waals surface area (Å²) < 4.78 is 0. The van der Waals surface area contributed by atoms with Crippen molar-refractivity contribution in [2.75, 3.05) is 5.32 Å². The van der Waals surface area contributed by atoms with Gasteiger partial charge in [0.2, 0.25) is 0 Å². The molecule has 0 saturated carbocycles. The SMILES string of the molecule is O=C1Nc2ccccc2C1=Cc1cc(Cl)c2cn[nH]c2c1. The highest BCUT2D eigenvalue weighted by atomic mass is 35.5. The highest BCUT2D eigenvalue weighted by Crippen LogP contribution is 2.33. The lowest BCUT2D eigenvalue weighted by Crippen LogP contribution is -2.03. The lowest BCUT2D eigenvalue weighted by molar-refractivity contribution is -0.110. The maximum atomic E-state index is 12.1. The molecule has 102 valence electrons. The topological polar surface area (TPSA) is 57.8 Å². The molecule has 2 N–H and O–H groups in total. The van der Waals surface area contributed by atoms with E-state index in [0.717, 1.165) is 27.7 Å². The van der Waals surface area contributed by atoms with Crippen molar-refractivity contribution in [1.29, 1.82) is 0 Å². The van der Waals surface area contributed by atoms with Crippen LogP contribution >= 0.6 is 11.6 Å². The quantitative estimate of drug-likeness (QED) is 0.672. The molecule has 1 aliphatic heterocycles. The highest BCUT2D eigenvalue weighted by molar-refractivity contribution is 6.36. The van der Waals surface area contributed by atoms with Crippen molar-refractivity contribution in [3.05, 3.63) is 58.7 Å². The van der Waals surface area contributed by atoms with E-state index in [1.807, 2.05) is 42.5 Å². The minimum absolute atomic E-state index is 0.1000. The van der Waals surface area contributed by atoms with Crippen molar-refractivity contribution in [2.45, 2.75) is 0 Å². The summed E-state index contributed by atoms with van der Waals surface area (Å²) in [4.78, 5) is 12.1. The lowest BCUT2D eigenvalue weighted by atomic mass is 10.0. The zero-order valence-corrected chi connectivity index (χ0v) is 11.6. The summed E-state index contributed by atoms with van der Waals surface area (Å²) in [6.45, 7) is 0. The van der Waals surface area contributed by atoms with Gasteiger partial charge in [-0.3, -0.25) is 9.89 Å². The van der Waals surface area contributed by atoms with Crippen molar-refractivity contribution < 1.29 is 4.79 Å². The summed E-state index contributed by atoms with van der Waals surface area (Å²) in [6.07, 6.45) is 3.53. The van der Waals surface area contributed by atoms with Crippen LogP contribution in [-0.4, -0.2) is 16.1 Å². The van der Waals surface area contributed by atoms with Crippen LogP contribution in [0.5, 0.6) is 0 Å². The number of H-pyrrole nitrogens is 1. The number of anilines is 1. The number of nitrogens with one attached hydrogen (secondary N) is 2. The Morgan fingerprint density at radius 1 is 1.19 bits per heavy atom. The summed E-state index contributed by atoms with van der Waals surface area (Å²) >= 11 is 6.24. The van der Waals surface area contributed by atoms with Crippen LogP contribution in [0.1, 0.15) is 11.1 Å². The second kappa shape index (κ2) is 4.46. The van der Waals surface area contributed by atoms with E-state index in [4.69, 9.17) is 11.6 Å². The van der Waals surface area contributed by atoms with Crippen molar-refractivity contribution in [3.63, 3.8) is 0 Å². The monoisotopic (exact) mass is 295 g/mol. The molecule has 0 atom stereocenters. The predicted octanol–water partition coefficient (Wildman–Crippen LogP) is 3.71. The van der Waals surface area contributed by atoms with E-state index in [2.05, 4.69) is 15.5 Å². The smallest absolute Gasteiger partial charge is 0.256 e. The second-order valence-corrected chi connectivity index (χ2v) is 5.30. The first-order chi connectivity index (χ1) is 10.2. The number of benzene rings is 2. The third-order valence-electron chi connectivity index (χ3n) is 3.55. The third kappa shape index (κ3) is 1.92. The molecule has 0 saturated heterocycles. The molecule has 0 bridgehead atoms. The van der Waals surface area contributed by atoms with Crippen LogP contribution in [0, 0.1) is 0 Å². The molecule has 0 unspecified atom stereocenters. The maximum Gasteiger partial charge on any atom is 0.256 e. The molecule has 0 radical (unpaired) electrons. The average Bonchev–Trinajstić information content (AvgIpc) is 3.05. The average molecular weight is 296 g/mol. The van der Waals surface area contributed by atoms with Gasteiger partial charge < -0.3 is 5.32 Å². The Morgan fingerprint density at radius 2 is 2.05 bits per heavy atom. The first-order valence-corrected chi connectivity index (χ1v) is 6.85. The summed E-state index contributed by atoms with van der Waals surface area (Å²) in [5.74, 6) is -0.1000.